The number of aryl methyl sites for hydroxylation is 3. The zero-order valence-corrected chi connectivity index (χ0v) is 20.9. The van der Waals surface area contributed by atoms with Gasteiger partial charge in [0.05, 0.1) is 7.11 Å². The van der Waals surface area contributed by atoms with Crippen LogP contribution in [-0.4, -0.2) is 20.2 Å². The van der Waals surface area contributed by atoms with Crippen LogP contribution in [-0.2, 0) is 0 Å². The Bertz CT molecular complexity index is 1510. The van der Waals surface area contributed by atoms with E-state index in [1.54, 1.807) is 7.11 Å². The standard InChI is InChI=1S/C32H32N2O/c1-21-19-22(2)32(23(3)20-21)34(18-17-33)28-15-13-24-9-5-7-11-26(24)30(28)31-27-12-8-6-10-25(27)14-16-29(31)35-4/h5-16,19-20H,17-18,33H2,1-4H3. The van der Waals surface area contributed by atoms with Gasteiger partial charge in [-0.3, -0.25) is 0 Å². The summed E-state index contributed by atoms with van der Waals surface area (Å²) in [5, 5.41) is 4.76. The van der Waals surface area contributed by atoms with Crippen LogP contribution in [0, 0.1) is 20.8 Å². The highest BCUT2D eigenvalue weighted by Crippen LogP contribution is 2.47. The molecule has 3 nitrogen and oxygen atoms in total. The lowest BCUT2D eigenvalue weighted by Gasteiger charge is -2.31. The largest absolute Gasteiger partial charge is 0.496 e. The van der Waals surface area contributed by atoms with Crippen molar-refractivity contribution in [1.29, 1.82) is 0 Å². The van der Waals surface area contributed by atoms with E-state index in [4.69, 9.17) is 10.5 Å². The lowest BCUT2D eigenvalue weighted by atomic mass is 9.90. The third-order valence-corrected chi connectivity index (χ3v) is 6.82. The Morgan fingerprint density at radius 1 is 0.714 bits per heavy atom. The number of rotatable bonds is 6. The number of ether oxygens (including phenoxy) is 1. The predicted molar refractivity (Wildman–Crippen MR) is 150 cm³/mol. The molecular formula is C32H32N2O. The van der Waals surface area contributed by atoms with Gasteiger partial charge in [-0.2, -0.15) is 0 Å². The molecule has 0 atom stereocenters. The molecule has 5 aromatic rings. The fourth-order valence-electron chi connectivity index (χ4n) is 5.51. The fraction of sp³-hybridized carbons (Fsp3) is 0.188. The Morgan fingerprint density at radius 3 is 1.89 bits per heavy atom. The summed E-state index contributed by atoms with van der Waals surface area (Å²) in [6.07, 6.45) is 0. The highest BCUT2D eigenvalue weighted by atomic mass is 16.5. The van der Waals surface area contributed by atoms with Crippen LogP contribution in [0.15, 0.2) is 84.9 Å². The van der Waals surface area contributed by atoms with E-state index in [0.717, 1.165) is 17.0 Å². The smallest absolute Gasteiger partial charge is 0.127 e. The third-order valence-electron chi connectivity index (χ3n) is 6.82. The maximum absolute atomic E-state index is 6.22. The number of hydrogen-bond donors (Lipinski definition) is 1. The highest BCUT2D eigenvalue weighted by Gasteiger charge is 2.23. The summed E-state index contributed by atoms with van der Waals surface area (Å²) < 4.78 is 5.98. The maximum Gasteiger partial charge on any atom is 0.127 e. The average Bonchev–Trinajstić information content (AvgIpc) is 2.86. The monoisotopic (exact) mass is 460 g/mol. The molecule has 0 spiro atoms. The number of nitrogens with two attached hydrogens (primary N) is 1. The van der Waals surface area contributed by atoms with E-state index in [9.17, 15) is 0 Å². The molecule has 0 fully saturated rings. The maximum atomic E-state index is 6.22. The minimum atomic E-state index is 0.547. The van der Waals surface area contributed by atoms with Gasteiger partial charge in [-0.05, 0) is 65.6 Å². The third kappa shape index (κ3) is 4.02. The number of fused-ring (bicyclic) bond motifs is 2. The second-order valence-corrected chi connectivity index (χ2v) is 9.23. The molecule has 5 aromatic carbocycles. The van der Waals surface area contributed by atoms with Crippen molar-refractivity contribution in [3.8, 4) is 16.9 Å². The van der Waals surface area contributed by atoms with E-state index in [0.29, 0.717) is 13.1 Å². The van der Waals surface area contributed by atoms with Crippen LogP contribution >= 0.6 is 0 Å². The Labute approximate surface area is 207 Å². The van der Waals surface area contributed by atoms with Crippen LogP contribution in [0.4, 0.5) is 11.4 Å². The summed E-state index contributed by atoms with van der Waals surface area (Å²) in [6.45, 7) is 7.80. The molecule has 0 saturated carbocycles. The number of benzene rings is 5. The molecule has 0 aliphatic heterocycles. The van der Waals surface area contributed by atoms with Gasteiger partial charge >= 0.3 is 0 Å². The summed E-state index contributed by atoms with van der Waals surface area (Å²) in [5.74, 6) is 0.867. The molecule has 0 heterocycles. The van der Waals surface area contributed by atoms with Gasteiger partial charge in [-0.15, -0.1) is 0 Å². The first-order valence-electron chi connectivity index (χ1n) is 12.2. The topological polar surface area (TPSA) is 38.5 Å². The number of hydrogen-bond acceptors (Lipinski definition) is 3. The molecule has 2 N–H and O–H groups in total. The van der Waals surface area contributed by atoms with Gasteiger partial charge in [0.2, 0.25) is 0 Å². The zero-order valence-electron chi connectivity index (χ0n) is 20.9. The van der Waals surface area contributed by atoms with Crippen LogP contribution in [0.5, 0.6) is 5.75 Å². The van der Waals surface area contributed by atoms with E-state index in [-0.39, 0.29) is 0 Å². The molecule has 0 bridgehead atoms. The second kappa shape index (κ2) is 9.44. The number of methoxy groups -OCH3 is 1. The molecular weight excluding hydrogens is 428 g/mol. The molecule has 0 aliphatic rings. The van der Waals surface area contributed by atoms with E-state index in [2.05, 4.69) is 111 Å². The van der Waals surface area contributed by atoms with Crippen LogP contribution in [0.25, 0.3) is 32.7 Å². The Balaban J connectivity index is 1.92. The molecule has 0 aromatic heterocycles. The second-order valence-electron chi connectivity index (χ2n) is 9.23. The van der Waals surface area contributed by atoms with E-state index in [1.165, 1.54) is 49.5 Å². The molecule has 35 heavy (non-hydrogen) atoms. The summed E-state index contributed by atoms with van der Waals surface area (Å²) in [7, 11) is 1.75. The van der Waals surface area contributed by atoms with Gasteiger partial charge in [0.25, 0.3) is 0 Å². The number of anilines is 2. The molecule has 0 amide bonds. The van der Waals surface area contributed by atoms with Crippen LogP contribution < -0.4 is 15.4 Å². The van der Waals surface area contributed by atoms with Gasteiger partial charge in [-0.1, -0.05) is 78.4 Å². The van der Waals surface area contributed by atoms with Crippen molar-refractivity contribution < 1.29 is 4.74 Å². The van der Waals surface area contributed by atoms with Crippen LogP contribution in [0.1, 0.15) is 16.7 Å². The SMILES string of the molecule is COc1ccc2ccccc2c1-c1c(N(CCN)c2c(C)cc(C)cc2C)ccc2ccccc12. The summed E-state index contributed by atoms with van der Waals surface area (Å²) in [6, 6.07) is 30.3. The molecule has 5 rings (SSSR count). The lowest BCUT2D eigenvalue weighted by molar-refractivity contribution is 0.417. The first kappa shape index (κ1) is 22.9. The van der Waals surface area contributed by atoms with Crippen molar-refractivity contribution in [2.24, 2.45) is 5.73 Å². The van der Waals surface area contributed by atoms with Crippen molar-refractivity contribution in [3.05, 3.63) is 102 Å². The van der Waals surface area contributed by atoms with Crippen molar-refractivity contribution in [2.75, 3.05) is 25.1 Å². The minimum absolute atomic E-state index is 0.547. The fourth-order valence-corrected chi connectivity index (χ4v) is 5.51. The lowest BCUT2D eigenvalue weighted by Crippen LogP contribution is -2.27. The van der Waals surface area contributed by atoms with Gasteiger partial charge in [0.15, 0.2) is 0 Å². The molecule has 0 saturated heterocycles. The van der Waals surface area contributed by atoms with Crippen LogP contribution in [0.2, 0.25) is 0 Å². The van der Waals surface area contributed by atoms with E-state index < -0.39 is 0 Å². The van der Waals surface area contributed by atoms with E-state index in [1.807, 2.05) is 0 Å². The van der Waals surface area contributed by atoms with Gasteiger partial charge in [0.1, 0.15) is 5.75 Å². The Morgan fingerprint density at radius 2 is 1.29 bits per heavy atom. The normalized spacial score (nSPS) is 11.2. The Hall–Kier alpha value is -3.82. The first-order valence-corrected chi connectivity index (χ1v) is 12.2. The molecule has 3 heteroatoms. The van der Waals surface area contributed by atoms with Crippen molar-refractivity contribution in [1.82, 2.24) is 0 Å². The quantitative estimate of drug-likeness (QED) is 0.282. The van der Waals surface area contributed by atoms with Gasteiger partial charge in [-0.25, -0.2) is 0 Å². The van der Waals surface area contributed by atoms with Crippen molar-refractivity contribution >= 4 is 32.9 Å². The molecule has 0 radical (unpaired) electrons. The van der Waals surface area contributed by atoms with Crippen LogP contribution in [0.3, 0.4) is 0 Å². The Kier molecular flexibility index (Phi) is 6.19. The highest BCUT2D eigenvalue weighted by molar-refractivity contribution is 6.12. The van der Waals surface area contributed by atoms with E-state index >= 15 is 0 Å². The van der Waals surface area contributed by atoms with Crippen molar-refractivity contribution in [2.45, 2.75) is 20.8 Å². The molecule has 0 aliphatic carbocycles. The molecule has 0 unspecified atom stereocenters. The summed E-state index contributed by atoms with van der Waals surface area (Å²) in [5.41, 5.74) is 14.6. The average molecular weight is 461 g/mol. The summed E-state index contributed by atoms with van der Waals surface area (Å²) >= 11 is 0. The molecule has 176 valence electrons. The predicted octanol–water partition coefficient (Wildman–Crippen LogP) is 7.69. The minimum Gasteiger partial charge on any atom is -0.496 e. The van der Waals surface area contributed by atoms with Gasteiger partial charge in [0, 0.05) is 35.6 Å². The summed E-state index contributed by atoms with van der Waals surface area (Å²) in [4.78, 5) is 2.40. The van der Waals surface area contributed by atoms with Gasteiger partial charge < -0.3 is 15.4 Å². The number of nitrogens with zero attached hydrogens (tertiary/aromatic N) is 1. The first-order chi connectivity index (χ1) is 17.0. The van der Waals surface area contributed by atoms with Crippen molar-refractivity contribution in [3.63, 3.8) is 0 Å². The zero-order chi connectivity index (χ0) is 24.5.